The van der Waals surface area contributed by atoms with Gasteiger partial charge in [0.25, 0.3) is 0 Å². The monoisotopic (exact) mass is 172 g/mol. The van der Waals surface area contributed by atoms with Gasteiger partial charge in [0.05, 0.1) is 0 Å². The van der Waals surface area contributed by atoms with Gasteiger partial charge >= 0.3 is 0 Å². The fraction of sp³-hybridized carbons (Fsp3) is 1.00. The normalized spacial score (nSPS) is 36.2. The molecule has 0 radical (unpaired) electrons. The van der Waals surface area contributed by atoms with Crippen LogP contribution in [0.1, 0.15) is 12.8 Å². The lowest BCUT2D eigenvalue weighted by molar-refractivity contribution is 0.206. The second-order valence-electron chi connectivity index (χ2n) is 4.11. The van der Waals surface area contributed by atoms with E-state index in [1.807, 2.05) is 0 Å². The Bertz CT molecular complexity index is 159. The summed E-state index contributed by atoms with van der Waals surface area (Å²) in [6.45, 7) is 2.35. The molecule has 2 fully saturated rings. The number of nitrogens with one attached hydrogen (secondary N) is 1. The zero-order valence-corrected chi connectivity index (χ0v) is 7.59. The lowest BCUT2D eigenvalue weighted by Crippen LogP contribution is -2.32. The van der Waals surface area contributed by atoms with Crippen molar-refractivity contribution in [2.45, 2.75) is 25.1 Å². The fourth-order valence-electron chi connectivity index (χ4n) is 1.91. The van der Waals surface area contributed by atoms with E-state index >= 15 is 0 Å². The van der Waals surface area contributed by atoms with Gasteiger partial charge in [0, 0.05) is 31.6 Å². The highest BCUT2D eigenvalue weighted by Gasteiger charge is 2.32. The van der Waals surface area contributed by atoms with Crippen molar-refractivity contribution in [3.05, 3.63) is 0 Å². The molecule has 2 nitrogen and oxygen atoms in total. The van der Waals surface area contributed by atoms with E-state index in [9.17, 15) is 4.39 Å². The van der Waals surface area contributed by atoms with E-state index in [2.05, 4.69) is 17.3 Å². The van der Waals surface area contributed by atoms with Crippen molar-refractivity contribution in [2.24, 2.45) is 5.92 Å². The van der Waals surface area contributed by atoms with Gasteiger partial charge in [-0.15, -0.1) is 0 Å². The standard InChI is InChI=1S/C9H17FN2/c1-12(8-2-3-8)6-7-4-11-5-9(7)10/h7-9,11H,2-6H2,1H3/t7-,9-/m1/s1. The van der Waals surface area contributed by atoms with Crippen LogP contribution in [-0.2, 0) is 0 Å². The second kappa shape index (κ2) is 3.30. The molecule has 0 spiro atoms. The number of hydrogen-bond acceptors (Lipinski definition) is 2. The third-order valence-corrected chi connectivity index (χ3v) is 2.95. The molecule has 1 N–H and O–H groups in total. The molecule has 0 bridgehead atoms. The number of nitrogens with zero attached hydrogens (tertiary/aromatic N) is 1. The van der Waals surface area contributed by atoms with Crippen LogP contribution in [0.25, 0.3) is 0 Å². The summed E-state index contributed by atoms with van der Waals surface area (Å²) >= 11 is 0. The maximum absolute atomic E-state index is 13.1. The van der Waals surface area contributed by atoms with Crippen molar-refractivity contribution in [1.29, 1.82) is 0 Å². The van der Waals surface area contributed by atoms with Crippen molar-refractivity contribution < 1.29 is 4.39 Å². The van der Waals surface area contributed by atoms with Crippen LogP contribution < -0.4 is 5.32 Å². The van der Waals surface area contributed by atoms with Crippen LogP contribution in [0.15, 0.2) is 0 Å². The van der Waals surface area contributed by atoms with Crippen LogP contribution in [0.4, 0.5) is 4.39 Å². The molecular formula is C9H17FN2. The van der Waals surface area contributed by atoms with Crippen molar-refractivity contribution >= 4 is 0 Å². The Labute approximate surface area is 73.1 Å². The summed E-state index contributed by atoms with van der Waals surface area (Å²) in [5.41, 5.74) is 0. The van der Waals surface area contributed by atoms with Crippen molar-refractivity contribution in [3.63, 3.8) is 0 Å². The SMILES string of the molecule is CN(C[C@H]1CNC[C@H]1F)C1CC1. The summed E-state index contributed by atoms with van der Waals surface area (Å²) in [6.07, 6.45) is 2.01. The van der Waals surface area contributed by atoms with Crippen LogP contribution in [0.5, 0.6) is 0 Å². The maximum atomic E-state index is 13.1. The van der Waals surface area contributed by atoms with E-state index in [1.54, 1.807) is 0 Å². The predicted molar refractivity (Wildman–Crippen MR) is 46.9 cm³/mol. The topological polar surface area (TPSA) is 15.3 Å². The Morgan fingerprint density at radius 3 is 2.67 bits per heavy atom. The molecule has 2 atom stereocenters. The number of hydrogen-bond donors (Lipinski definition) is 1. The lowest BCUT2D eigenvalue weighted by Gasteiger charge is -2.20. The van der Waals surface area contributed by atoms with E-state index < -0.39 is 6.17 Å². The second-order valence-corrected chi connectivity index (χ2v) is 4.11. The Morgan fingerprint density at radius 1 is 1.42 bits per heavy atom. The first kappa shape index (κ1) is 8.45. The molecule has 12 heavy (non-hydrogen) atoms. The summed E-state index contributed by atoms with van der Waals surface area (Å²) in [5.74, 6) is 0.232. The van der Waals surface area contributed by atoms with Gasteiger partial charge in [0.15, 0.2) is 0 Å². The third-order valence-electron chi connectivity index (χ3n) is 2.95. The molecule has 1 aliphatic heterocycles. The van der Waals surface area contributed by atoms with Gasteiger partial charge in [-0.3, -0.25) is 0 Å². The summed E-state index contributed by atoms with van der Waals surface area (Å²) in [4.78, 5) is 2.31. The summed E-state index contributed by atoms with van der Waals surface area (Å²) in [5, 5.41) is 3.09. The highest BCUT2D eigenvalue weighted by Crippen LogP contribution is 2.27. The summed E-state index contributed by atoms with van der Waals surface area (Å²) in [6, 6.07) is 0.762. The Morgan fingerprint density at radius 2 is 2.17 bits per heavy atom. The molecule has 3 heteroatoms. The van der Waals surface area contributed by atoms with Crippen LogP contribution in [0.2, 0.25) is 0 Å². The number of alkyl halides is 1. The average molecular weight is 172 g/mol. The van der Waals surface area contributed by atoms with E-state index in [1.165, 1.54) is 12.8 Å². The molecular weight excluding hydrogens is 155 g/mol. The summed E-state index contributed by atoms with van der Waals surface area (Å²) < 4.78 is 13.1. The largest absolute Gasteiger partial charge is 0.313 e. The molecule has 0 aromatic rings. The number of halogens is 1. The molecule has 2 aliphatic rings. The average Bonchev–Trinajstić information content (AvgIpc) is 2.80. The van der Waals surface area contributed by atoms with Gasteiger partial charge in [-0.2, -0.15) is 0 Å². The van der Waals surface area contributed by atoms with Crippen LogP contribution >= 0.6 is 0 Å². The molecule has 2 rings (SSSR count). The Kier molecular flexibility index (Phi) is 2.33. The minimum atomic E-state index is -0.619. The molecule has 1 heterocycles. The van der Waals surface area contributed by atoms with Crippen LogP contribution in [0, 0.1) is 5.92 Å². The van der Waals surface area contributed by atoms with E-state index in [0.717, 1.165) is 19.1 Å². The van der Waals surface area contributed by atoms with Crippen molar-refractivity contribution in [3.8, 4) is 0 Å². The molecule has 1 aliphatic carbocycles. The van der Waals surface area contributed by atoms with Gasteiger partial charge in [-0.25, -0.2) is 4.39 Å². The molecule has 70 valence electrons. The van der Waals surface area contributed by atoms with Gasteiger partial charge in [0.2, 0.25) is 0 Å². The van der Waals surface area contributed by atoms with Gasteiger partial charge in [-0.05, 0) is 19.9 Å². The first-order valence-corrected chi connectivity index (χ1v) is 4.82. The highest BCUT2D eigenvalue weighted by atomic mass is 19.1. The quantitative estimate of drug-likeness (QED) is 0.672. The van der Waals surface area contributed by atoms with Gasteiger partial charge < -0.3 is 10.2 Å². The van der Waals surface area contributed by atoms with Crippen LogP contribution in [-0.4, -0.2) is 43.8 Å². The Hall–Kier alpha value is -0.150. The van der Waals surface area contributed by atoms with E-state index in [-0.39, 0.29) is 5.92 Å². The minimum Gasteiger partial charge on any atom is -0.313 e. The zero-order valence-electron chi connectivity index (χ0n) is 7.59. The zero-order chi connectivity index (χ0) is 8.55. The Balaban J connectivity index is 1.76. The number of rotatable bonds is 3. The predicted octanol–water partition coefficient (Wildman–Crippen LogP) is 0.638. The molecule has 0 aromatic carbocycles. The molecule has 1 saturated carbocycles. The minimum absolute atomic E-state index is 0.232. The fourth-order valence-corrected chi connectivity index (χ4v) is 1.91. The third kappa shape index (κ3) is 1.77. The molecule has 1 saturated heterocycles. The molecule has 0 aromatic heterocycles. The maximum Gasteiger partial charge on any atom is 0.118 e. The van der Waals surface area contributed by atoms with Crippen molar-refractivity contribution in [1.82, 2.24) is 10.2 Å². The molecule has 0 unspecified atom stereocenters. The van der Waals surface area contributed by atoms with Gasteiger partial charge in [-0.1, -0.05) is 0 Å². The summed E-state index contributed by atoms with van der Waals surface area (Å²) in [7, 11) is 2.11. The first-order valence-electron chi connectivity index (χ1n) is 4.82. The van der Waals surface area contributed by atoms with E-state index in [4.69, 9.17) is 0 Å². The van der Waals surface area contributed by atoms with E-state index in [0.29, 0.717) is 6.54 Å². The van der Waals surface area contributed by atoms with Crippen LogP contribution in [0.3, 0.4) is 0 Å². The first-order chi connectivity index (χ1) is 5.77. The van der Waals surface area contributed by atoms with Crippen molar-refractivity contribution in [2.75, 3.05) is 26.7 Å². The lowest BCUT2D eigenvalue weighted by atomic mass is 10.1. The highest BCUT2D eigenvalue weighted by molar-refractivity contribution is 4.88. The van der Waals surface area contributed by atoms with Gasteiger partial charge in [0.1, 0.15) is 6.17 Å². The smallest absolute Gasteiger partial charge is 0.118 e. The molecule has 0 amide bonds.